The van der Waals surface area contributed by atoms with Gasteiger partial charge < -0.3 is 5.73 Å². The lowest BCUT2D eigenvalue weighted by molar-refractivity contribution is 0.419. The predicted molar refractivity (Wildman–Crippen MR) is 80.6 cm³/mol. The summed E-state index contributed by atoms with van der Waals surface area (Å²) in [7, 11) is 0. The van der Waals surface area contributed by atoms with Crippen LogP contribution < -0.4 is 5.73 Å². The summed E-state index contributed by atoms with van der Waals surface area (Å²) in [6, 6.07) is 10.8. The number of hydrogen-bond donors (Lipinski definition) is 1. The third-order valence-corrected chi connectivity index (χ3v) is 4.80. The number of nitrogens with two attached hydrogens (primary N) is 1. The summed E-state index contributed by atoms with van der Waals surface area (Å²) in [5.74, 6) is 0.851. The number of allylic oxidation sites excluding steroid dienone is 6. The largest absolute Gasteiger partial charge is 0.402 e. The van der Waals surface area contributed by atoms with Crippen molar-refractivity contribution in [2.75, 3.05) is 0 Å². The molecule has 0 saturated heterocycles. The molecule has 0 aliphatic heterocycles. The van der Waals surface area contributed by atoms with Gasteiger partial charge in [-0.25, -0.2) is 0 Å². The zero-order chi connectivity index (χ0) is 13.5. The fourth-order valence-electron chi connectivity index (χ4n) is 3.41. The van der Waals surface area contributed by atoms with Crippen LogP contribution in [0.2, 0.25) is 0 Å². The first kappa shape index (κ1) is 12.3. The van der Waals surface area contributed by atoms with Crippen molar-refractivity contribution < 1.29 is 0 Å². The van der Waals surface area contributed by atoms with Gasteiger partial charge in [-0.3, -0.25) is 0 Å². The van der Waals surface area contributed by atoms with Crippen LogP contribution in [0.15, 0.2) is 65.9 Å². The van der Waals surface area contributed by atoms with Crippen molar-refractivity contribution in [3.8, 4) is 0 Å². The molecular weight excluding hydrogens is 230 g/mol. The van der Waals surface area contributed by atoms with Crippen molar-refractivity contribution >= 4 is 0 Å². The summed E-state index contributed by atoms with van der Waals surface area (Å²) in [4.78, 5) is 0. The standard InChI is InChI=1S/C18H21N/c1-13-15-9-6-12-18(2,14-7-4-3-5-8-14)16(15)10-11-17(13)19/h3-11,13,15H,12,19H2,1-2H3. The highest BCUT2D eigenvalue weighted by Crippen LogP contribution is 2.47. The molecule has 19 heavy (non-hydrogen) atoms. The zero-order valence-electron chi connectivity index (χ0n) is 11.6. The van der Waals surface area contributed by atoms with Crippen LogP contribution in [0.5, 0.6) is 0 Å². The molecule has 3 rings (SSSR count). The van der Waals surface area contributed by atoms with Gasteiger partial charge in [0, 0.05) is 22.9 Å². The smallest absolute Gasteiger partial charge is 0.0177 e. The summed E-state index contributed by atoms with van der Waals surface area (Å²) in [6.07, 6.45) is 10.1. The van der Waals surface area contributed by atoms with Gasteiger partial charge >= 0.3 is 0 Å². The highest BCUT2D eigenvalue weighted by atomic mass is 14.6. The summed E-state index contributed by atoms with van der Waals surface area (Å²) >= 11 is 0. The molecule has 2 aliphatic rings. The first-order valence-corrected chi connectivity index (χ1v) is 7.03. The Morgan fingerprint density at radius 1 is 1.16 bits per heavy atom. The van der Waals surface area contributed by atoms with Crippen LogP contribution >= 0.6 is 0 Å². The van der Waals surface area contributed by atoms with E-state index in [-0.39, 0.29) is 5.41 Å². The van der Waals surface area contributed by atoms with Crippen LogP contribution in [0.4, 0.5) is 0 Å². The molecule has 1 aromatic carbocycles. The van der Waals surface area contributed by atoms with Gasteiger partial charge in [0.2, 0.25) is 0 Å². The van der Waals surface area contributed by atoms with Crippen LogP contribution in [0.3, 0.4) is 0 Å². The average molecular weight is 251 g/mol. The molecule has 0 radical (unpaired) electrons. The molecular formula is C18H21N. The second kappa shape index (κ2) is 4.41. The first-order valence-electron chi connectivity index (χ1n) is 7.03. The molecule has 0 bridgehead atoms. The van der Waals surface area contributed by atoms with Gasteiger partial charge in [-0.2, -0.15) is 0 Å². The van der Waals surface area contributed by atoms with Crippen LogP contribution in [-0.4, -0.2) is 0 Å². The van der Waals surface area contributed by atoms with Crippen molar-refractivity contribution in [1.29, 1.82) is 0 Å². The SMILES string of the molecule is CC1C(N)=CC=C2C1C=CCC2(C)c1ccccc1. The van der Waals surface area contributed by atoms with E-state index in [1.54, 1.807) is 0 Å². The monoisotopic (exact) mass is 251 g/mol. The van der Waals surface area contributed by atoms with E-state index in [1.807, 2.05) is 0 Å². The van der Waals surface area contributed by atoms with Crippen LogP contribution in [0.25, 0.3) is 0 Å². The Bertz CT molecular complexity index is 565. The Morgan fingerprint density at radius 3 is 2.63 bits per heavy atom. The minimum Gasteiger partial charge on any atom is -0.402 e. The Hall–Kier alpha value is -1.76. The lowest BCUT2D eigenvalue weighted by atomic mass is 9.62. The fraction of sp³-hybridized carbons (Fsp3) is 0.333. The number of fused-ring (bicyclic) bond motifs is 1. The topological polar surface area (TPSA) is 26.0 Å². The van der Waals surface area contributed by atoms with Gasteiger partial charge in [0.25, 0.3) is 0 Å². The Labute approximate surface area is 115 Å². The van der Waals surface area contributed by atoms with Crippen molar-refractivity contribution in [1.82, 2.24) is 0 Å². The third-order valence-electron chi connectivity index (χ3n) is 4.80. The van der Waals surface area contributed by atoms with Crippen LogP contribution in [0, 0.1) is 11.8 Å². The van der Waals surface area contributed by atoms with Gasteiger partial charge in [0.05, 0.1) is 0 Å². The highest BCUT2D eigenvalue weighted by Gasteiger charge is 2.39. The molecule has 3 unspecified atom stereocenters. The van der Waals surface area contributed by atoms with Crippen LogP contribution in [-0.2, 0) is 5.41 Å². The summed E-state index contributed by atoms with van der Waals surface area (Å²) in [5, 5.41) is 0. The lowest BCUT2D eigenvalue weighted by Crippen LogP contribution is -2.36. The molecule has 0 aromatic heterocycles. The Kier molecular flexibility index (Phi) is 2.85. The van der Waals surface area contributed by atoms with E-state index in [4.69, 9.17) is 5.73 Å². The van der Waals surface area contributed by atoms with E-state index in [9.17, 15) is 0 Å². The lowest BCUT2D eigenvalue weighted by Gasteiger charge is -2.42. The molecule has 1 heteroatoms. The zero-order valence-corrected chi connectivity index (χ0v) is 11.6. The van der Waals surface area contributed by atoms with Crippen molar-refractivity contribution in [2.45, 2.75) is 25.7 Å². The molecule has 98 valence electrons. The second-order valence-corrected chi connectivity index (χ2v) is 5.93. The Balaban J connectivity index is 2.11. The van der Waals surface area contributed by atoms with E-state index in [0.717, 1.165) is 12.1 Å². The number of hydrogen-bond acceptors (Lipinski definition) is 1. The molecule has 0 spiro atoms. The van der Waals surface area contributed by atoms with Gasteiger partial charge in [0.1, 0.15) is 0 Å². The maximum Gasteiger partial charge on any atom is 0.0177 e. The molecule has 0 amide bonds. The summed E-state index contributed by atoms with van der Waals surface area (Å²) in [5.41, 5.74) is 10.1. The molecule has 2 aliphatic carbocycles. The maximum atomic E-state index is 6.10. The normalized spacial score (nSPS) is 33.4. The number of benzene rings is 1. The minimum atomic E-state index is 0.103. The minimum absolute atomic E-state index is 0.103. The second-order valence-electron chi connectivity index (χ2n) is 5.93. The fourth-order valence-corrected chi connectivity index (χ4v) is 3.41. The quantitative estimate of drug-likeness (QED) is 0.752. The molecule has 1 aromatic rings. The van der Waals surface area contributed by atoms with Gasteiger partial charge in [-0.15, -0.1) is 0 Å². The van der Waals surface area contributed by atoms with E-state index >= 15 is 0 Å². The van der Waals surface area contributed by atoms with Crippen LogP contribution in [0.1, 0.15) is 25.8 Å². The molecule has 0 heterocycles. The predicted octanol–water partition coefficient (Wildman–Crippen LogP) is 3.94. The highest BCUT2D eigenvalue weighted by molar-refractivity contribution is 5.46. The van der Waals surface area contributed by atoms with Gasteiger partial charge in [0.15, 0.2) is 0 Å². The van der Waals surface area contributed by atoms with Crippen molar-refractivity contribution in [2.24, 2.45) is 17.6 Å². The third kappa shape index (κ3) is 1.85. The van der Waals surface area contributed by atoms with Gasteiger partial charge in [-0.05, 0) is 18.1 Å². The maximum absolute atomic E-state index is 6.10. The average Bonchev–Trinajstić information content (AvgIpc) is 2.44. The molecule has 0 saturated carbocycles. The van der Waals surface area contributed by atoms with Crippen molar-refractivity contribution in [3.05, 3.63) is 71.5 Å². The first-order chi connectivity index (χ1) is 9.13. The molecule has 3 atom stereocenters. The van der Waals surface area contributed by atoms with E-state index in [0.29, 0.717) is 11.8 Å². The molecule has 1 nitrogen and oxygen atoms in total. The summed E-state index contributed by atoms with van der Waals surface area (Å²) < 4.78 is 0. The van der Waals surface area contributed by atoms with E-state index in [1.165, 1.54) is 11.1 Å². The summed E-state index contributed by atoms with van der Waals surface area (Å²) in [6.45, 7) is 4.58. The Morgan fingerprint density at radius 2 is 1.89 bits per heavy atom. The van der Waals surface area contributed by atoms with E-state index in [2.05, 4.69) is 68.5 Å². The molecule has 2 N–H and O–H groups in total. The molecule has 0 fully saturated rings. The van der Waals surface area contributed by atoms with E-state index < -0.39 is 0 Å². The van der Waals surface area contributed by atoms with Crippen molar-refractivity contribution in [3.63, 3.8) is 0 Å². The number of rotatable bonds is 1. The van der Waals surface area contributed by atoms with Gasteiger partial charge in [-0.1, -0.05) is 68.0 Å².